The van der Waals surface area contributed by atoms with Crippen molar-refractivity contribution in [3.8, 4) is 11.3 Å². The summed E-state index contributed by atoms with van der Waals surface area (Å²) in [7, 11) is 0. The molecular formula is C24H17F6N5S. The van der Waals surface area contributed by atoms with Crippen molar-refractivity contribution < 1.29 is 26.3 Å². The molecule has 0 atom stereocenters. The van der Waals surface area contributed by atoms with Crippen molar-refractivity contribution in [3.05, 3.63) is 90.0 Å². The number of alkyl halides is 6. The first-order chi connectivity index (χ1) is 17.0. The van der Waals surface area contributed by atoms with Gasteiger partial charge in [0.15, 0.2) is 0 Å². The van der Waals surface area contributed by atoms with E-state index in [-0.39, 0.29) is 11.0 Å². The van der Waals surface area contributed by atoms with Gasteiger partial charge in [-0.15, -0.1) is 0 Å². The summed E-state index contributed by atoms with van der Waals surface area (Å²) in [6.45, 7) is 1.84. The highest BCUT2D eigenvalue weighted by Gasteiger charge is 2.37. The lowest BCUT2D eigenvalue weighted by Crippen LogP contribution is -2.11. The molecule has 2 N–H and O–H groups in total. The summed E-state index contributed by atoms with van der Waals surface area (Å²) >= 11 is 0.645. The van der Waals surface area contributed by atoms with E-state index in [9.17, 15) is 26.3 Å². The van der Waals surface area contributed by atoms with Crippen LogP contribution >= 0.6 is 11.9 Å². The maximum atomic E-state index is 13.1. The quantitative estimate of drug-likeness (QED) is 0.200. The van der Waals surface area contributed by atoms with E-state index in [1.165, 1.54) is 6.33 Å². The number of rotatable bonds is 6. The maximum absolute atomic E-state index is 13.1. The summed E-state index contributed by atoms with van der Waals surface area (Å²) in [6, 6.07) is 11.9. The Balaban J connectivity index is 1.58. The van der Waals surface area contributed by atoms with Crippen LogP contribution in [0.15, 0.2) is 78.2 Å². The van der Waals surface area contributed by atoms with Gasteiger partial charge in [0.05, 0.1) is 16.8 Å². The molecule has 2 aromatic heterocycles. The Labute approximate surface area is 206 Å². The highest BCUT2D eigenvalue weighted by molar-refractivity contribution is 8.00. The Morgan fingerprint density at radius 3 is 2.17 bits per heavy atom. The summed E-state index contributed by atoms with van der Waals surface area (Å²) in [5.74, 6) is 0.511. The van der Waals surface area contributed by atoms with Gasteiger partial charge in [-0.1, -0.05) is 6.07 Å². The second kappa shape index (κ2) is 10.1. The summed E-state index contributed by atoms with van der Waals surface area (Å²) in [6.07, 6.45) is -5.21. The molecule has 0 bridgehead atoms. The van der Waals surface area contributed by atoms with Crippen molar-refractivity contribution in [2.75, 3.05) is 10.0 Å². The first kappa shape index (κ1) is 25.3. The first-order valence-corrected chi connectivity index (χ1v) is 11.1. The van der Waals surface area contributed by atoms with E-state index in [2.05, 4.69) is 25.0 Å². The molecule has 4 aromatic rings. The molecule has 0 amide bonds. The van der Waals surface area contributed by atoms with Crippen LogP contribution in [0.25, 0.3) is 11.3 Å². The highest BCUT2D eigenvalue weighted by atomic mass is 32.2. The van der Waals surface area contributed by atoms with Crippen LogP contribution in [0, 0.1) is 6.92 Å². The largest absolute Gasteiger partial charge is 0.416 e. The number of anilines is 3. The lowest BCUT2D eigenvalue weighted by Gasteiger charge is -2.16. The van der Waals surface area contributed by atoms with Crippen LogP contribution in [0.2, 0.25) is 0 Å². The second-order valence-corrected chi connectivity index (χ2v) is 8.47. The predicted molar refractivity (Wildman–Crippen MR) is 126 cm³/mol. The molecule has 5 nitrogen and oxygen atoms in total. The number of nitrogens with one attached hydrogen (secondary N) is 2. The number of hydrogen-bond donors (Lipinski definition) is 2. The van der Waals surface area contributed by atoms with Gasteiger partial charge in [-0.25, -0.2) is 15.0 Å². The zero-order valence-electron chi connectivity index (χ0n) is 18.4. The maximum Gasteiger partial charge on any atom is 0.416 e. The Morgan fingerprint density at radius 1 is 0.806 bits per heavy atom. The van der Waals surface area contributed by atoms with Crippen LogP contribution in [0.5, 0.6) is 0 Å². The molecule has 4 rings (SSSR count). The molecule has 0 saturated heterocycles. The number of aromatic nitrogens is 3. The molecule has 186 valence electrons. The van der Waals surface area contributed by atoms with E-state index in [4.69, 9.17) is 0 Å². The summed E-state index contributed by atoms with van der Waals surface area (Å²) in [5.41, 5.74) is 0.542. The fraction of sp³-hybridized carbons (Fsp3) is 0.125. The Morgan fingerprint density at radius 2 is 1.53 bits per heavy atom. The Hall–Kier alpha value is -3.80. The standard InChI is InChI=1S/C24H17F6N5S/c1-14-4-5-17(35-36-18-10-15(23(25,26)27)9-16(11-18)24(28,29)30)12-21(14)34-22-19(3-2-7-32-22)20-6-8-31-13-33-20/h2-13,35H,1H3,(H,32,34). The fourth-order valence-electron chi connectivity index (χ4n) is 3.21. The molecule has 0 aliphatic rings. The highest BCUT2D eigenvalue weighted by Crippen LogP contribution is 2.39. The van der Waals surface area contributed by atoms with Gasteiger partial charge in [-0.2, -0.15) is 26.3 Å². The van der Waals surface area contributed by atoms with Crippen LogP contribution in [0.4, 0.5) is 43.5 Å². The zero-order chi connectivity index (χ0) is 25.9. The van der Waals surface area contributed by atoms with Crippen LogP contribution in [0.1, 0.15) is 16.7 Å². The molecule has 2 aromatic carbocycles. The summed E-state index contributed by atoms with van der Waals surface area (Å²) < 4.78 is 81.7. The minimum Gasteiger partial charge on any atom is -0.339 e. The van der Waals surface area contributed by atoms with Crippen molar-refractivity contribution in [3.63, 3.8) is 0 Å². The number of nitrogens with zero attached hydrogens (tertiary/aromatic N) is 3. The van der Waals surface area contributed by atoms with E-state index in [1.54, 1.807) is 42.7 Å². The van der Waals surface area contributed by atoms with Gasteiger partial charge in [-0.05, 0) is 73.0 Å². The van der Waals surface area contributed by atoms with E-state index in [0.29, 0.717) is 47.0 Å². The summed E-state index contributed by atoms with van der Waals surface area (Å²) in [5, 5.41) is 3.22. The number of hydrogen-bond acceptors (Lipinski definition) is 6. The molecule has 0 radical (unpaired) electrons. The van der Waals surface area contributed by atoms with Crippen molar-refractivity contribution in [2.24, 2.45) is 0 Å². The van der Waals surface area contributed by atoms with E-state index >= 15 is 0 Å². The Bertz CT molecular complexity index is 1330. The smallest absolute Gasteiger partial charge is 0.339 e. The number of aryl methyl sites for hydroxylation is 1. The lowest BCUT2D eigenvalue weighted by molar-refractivity contribution is -0.143. The predicted octanol–water partition coefficient (Wildman–Crippen LogP) is 7.75. The van der Waals surface area contributed by atoms with Crippen molar-refractivity contribution >= 4 is 29.1 Å². The minimum absolute atomic E-state index is 0.0973. The molecule has 2 heterocycles. The average Bonchev–Trinajstić information content (AvgIpc) is 2.84. The molecule has 0 fully saturated rings. The van der Waals surface area contributed by atoms with Gasteiger partial charge in [0, 0.05) is 34.2 Å². The van der Waals surface area contributed by atoms with Crippen molar-refractivity contribution in [2.45, 2.75) is 24.2 Å². The molecule has 0 saturated carbocycles. The van der Waals surface area contributed by atoms with Crippen LogP contribution < -0.4 is 10.0 Å². The molecule has 12 heteroatoms. The minimum atomic E-state index is -4.92. The topological polar surface area (TPSA) is 62.7 Å². The third-order valence-electron chi connectivity index (χ3n) is 5.00. The van der Waals surface area contributed by atoms with Crippen molar-refractivity contribution in [1.29, 1.82) is 0 Å². The SMILES string of the molecule is Cc1ccc(NSc2cc(C(F)(F)F)cc(C(F)(F)F)c2)cc1Nc1ncccc1-c1ccncn1. The van der Waals surface area contributed by atoms with Gasteiger partial charge in [0.1, 0.15) is 12.1 Å². The van der Waals surface area contributed by atoms with Gasteiger partial charge in [-0.3, -0.25) is 0 Å². The molecule has 0 aliphatic heterocycles. The van der Waals surface area contributed by atoms with E-state index in [1.807, 2.05) is 13.0 Å². The molecule has 0 unspecified atom stereocenters. The van der Waals surface area contributed by atoms with E-state index in [0.717, 1.165) is 11.1 Å². The molecule has 0 spiro atoms. The van der Waals surface area contributed by atoms with Gasteiger partial charge in [0.2, 0.25) is 0 Å². The zero-order valence-corrected chi connectivity index (χ0v) is 19.3. The van der Waals surface area contributed by atoms with Crippen LogP contribution in [-0.2, 0) is 12.4 Å². The van der Waals surface area contributed by atoms with Gasteiger partial charge < -0.3 is 10.0 Å². The fourth-order valence-corrected chi connectivity index (χ4v) is 3.95. The third-order valence-corrected chi connectivity index (χ3v) is 5.81. The van der Waals surface area contributed by atoms with Crippen LogP contribution in [-0.4, -0.2) is 15.0 Å². The number of pyridine rings is 1. The Kier molecular flexibility index (Phi) is 7.07. The number of halogens is 6. The molecule has 0 aliphatic carbocycles. The van der Waals surface area contributed by atoms with Gasteiger partial charge in [0.25, 0.3) is 0 Å². The first-order valence-electron chi connectivity index (χ1n) is 10.3. The molecular weight excluding hydrogens is 504 g/mol. The van der Waals surface area contributed by atoms with Crippen molar-refractivity contribution in [1.82, 2.24) is 15.0 Å². The third kappa shape index (κ3) is 6.06. The average molecular weight is 521 g/mol. The normalized spacial score (nSPS) is 11.9. The lowest BCUT2D eigenvalue weighted by atomic mass is 10.1. The monoisotopic (exact) mass is 521 g/mol. The van der Waals surface area contributed by atoms with E-state index < -0.39 is 23.5 Å². The van der Waals surface area contributed by atoms with Crippen LogP contribution in [0.3, 0.4) is 0 Å². The molecule has 36 heavy (non-hydrogen) atoms. The number of benzene rings is 2. The second-order valence-electron chi connectivity index (χ2n) is 7.59. The summed E-state index contributed by atoms with van der Waals surface area (Å²) in [4.78, 5) is 12.3. The van der Waals surface area contributed by atoms with Gasteiger partial charge >= 0.3 is 12.4 Å².